The van der Waals surface area contributed by atoms with E-state index in [1.807, 2.05) is 54.6 Å². The zero-order valence-electron chi connectivity index (χ0n) is 14.3. The molecule has 0 saturated heterocycles. The topological polar surface area (TPSA) is 90.2 Å². The van der Waals surface area contributed by atoms with Gasteiger partial charge in [-0.1, -0.05) is 48.5 Å². The number of hydrogen-bond donors (Lipinski definition) is 2. The van der Waals surface area contributed by atoms with Crippen LogP contribution in [0.2, 0.25) is 0 Å². The van der Waals surface area contributed by atoms with Crippen LogP contribution in [-0.4, -0.2) is 23.0 Å². The first-order valence-corrected chi connectivity index (χ1v) is 8.72. The first-order chi connectivity index (χ1) is 12.6. The summed E-state index contributed by atoms with van der Waals surface area (Å²) in [5.41, 5.74) is 3.84. The first kappa shape index (κ1) is 17.7. The Morgan fingerprint density at radius 1 is 1.04 bits per heavy atom. The van der Waals surface area contributed by atoms with Crippen molar-refractivity contribution in [1.82, 2.24) is 5.32 Å². The zero-order valence-corrected chi connectivity index (χ0v) is 14.3. The lowest BCUT2D eigenvalue weighted by atomic mass is 9.95. The van der Waals surface area contributed by atoms with Crippen molar-refractivity contribution in [2.24, 2.45) is 0 Å². The minimum Gasteiger partial charge on any atom is -0.480 e. The maximum Gasteiger partial charge on any atom is 0.326 e. The molecule has 26 heavy (non-hydrogen) atoms. The molecular weight excluding hydrogens is 328 g/mol. The molecule has 0 aromatic heterocycles. The quantitative estimate of drug-likeness (QED) is 0.750. The van der Waals surface area contributed by atoms with E-state index in [1.165, 1.54) is 0 Å². The van der Waals surface area contributed by atoms with Gasteiger partial charge in [-0.3, -0.25) is 4.79 Å². The third-order valence-corrected chi connectivity index (χ3v) is 4.74. The molecule has 0 saturated carbocycles. The highest BCUT2D eigenvalue weighted by atomic mass is 16.4. The van der Waals surface area contributed by atoms with Crippen LogP contribution in [0.25, 0.3) is 11.1 Å². The smallest absolute Gasteiger partial charge is 0.326 e. The van der Waals surface area contributed by atoms with E-state index in [1.54, 1.807) is 0 Å². The highest BCUT2D eigenvalue weighted by Gasteiger charge is 2.35. The minimum absolute atomic E-state index is 0.296. The molecule has 5 heteroatoms. The number of unbranched alkanes of at least 4 members (excludes halogenated alkanes) is 2. The number of amides is 1. The van der Waals surface area contributed by atoms with E-state index in [0.29, 0.717) is 25.7 Å². The average molecular weight is 348 g/mol. The SMILES string of the molecule is N#CCCCC[C@@H](NC(=O)C1c2ccccc2-c2ccccc21)C(=O)O. The lowest BCUT2D eigenvalue weighted by Gasteiger charge is -2.19. The van der Waals surface area contributed by atoms with Gasteiger partial charge in [-0.25, -0.2) is 4.79 Å². The highest BCUT2D eigenvalue weighted by molar-refractivity contribution is 5.97. The van der Waals surface area contributed by atoms with Gasteiger partial charge in [0.1, 0.15) is 6.04 Å². The zero-order chi connectivity index (χ0) is 18.5. The van der Waals surface area contributed by atoms with Crippen molar-refractivity contribution in [1.29, 1.82) is 5.26 Å². The first-order valence-electron chi connectivity index (χ1n) is 8.72. The summed E-state index contributed by atoms with van der Waals surface area (Å²) in [5, 5.41) is 20.7. The van der Waals surface area contributed by atoms with E-state index in [4.69, 9.17) is 5.26 Å². The minimum atomic E-state index is -1.05. The number of carboxylic acid groups (broad SMARTS) is 1. The number of nitrogens with zero attached hydrogens (tertiary/aromatic N) is 1. The third kappa shape index (κ3) is 3.45. The molecule has 3 rings (SSSR count). The van der Waals surface area contributed by atoms with Gasteiger partial charge in [0.05, 0.1) is 12.0 Å². The van der Waals surface area contributed by atoms with Crippen LogP contribution < -0.4 is 5.32 Å². The summed E-state index contributed by atoms with van der Waals surface area (Å²) >= 11 is 0. The fourth-order valence-corrected chi connectivity index (χ4v) is 3.50. The van der Waals surface area contributed by atoms with Gasteiger partial charge in [0.2, 0.25) is 5.91 Å². The second kappa shape index (κ2) is 7.83. The summed E-state index contributed by atoms with van der Waals surface area (Å²) in [5.74, 6) is -1.84. The number of nitrogens with one attached hydrogen (secondary N) is 1. The highest BCUT2D eigenvalue weighted by Crippen LogP contribution is 2.44. The van der Waals surface area contributed by atoms with E-state index < -0.39 is 17.9 Å². The number of carbonyl (C=O) groups is 2. The Hall–Kier alpha value is -3.13. The summed E-state index contributed by atoms with van der Waals surface area (Å²) in [6, 6.07) is 16.6. The van der Waals surface area contributed by atoms with Crippen LogP contribution in [0.1, 0.15) is 42.7 Å². The lowest BCUT2D eigenvalue weighted by molar-refractivity contribution is -0.142. The molecule has 1 aliphatic carbocycles. The van der Waals surface area contributed by atoms with Gasteiger partial charge in [-0.05, 0) is 41.5 Å². The van der Waals surface area contributed by atoms with Crippen LogP contribution in [0.4, 0.5) is 0 Å². The van der Waals surface area contributed by atoms with Crippen molar-refractivity contribution in [3.63, 3.8) is 0 Å². The largest absolute Gasteiger partial charge is 0.480 e. The van der Waals surface area contributed by atoms with Crippen molar-refractivity contribution < 1.29 is 14.7 Å². The van der Waals surface area contributed by atoms with Gasteiger partial charge in [0.15, 0.2) is 0 Å². The van der Waals surface area contributed by atoms with E-state index >= 15 is 0 Å². The van der Waals surface area contributed by atoms with Gasteiger partial charge >= 0.3 is 5.97 Å². The van der Waals surface area contributed by atoms with Crippen LogP contribution in [0.15, 0.2) is 48.5 Å². The molecule has 0 heterocycles. The molecular formula is C21H20N2O3. The molecule has 1 amide bonds. The Kier molecular flexibility index (Phi) is 5.33. The Balaban J connectivity index is 1.81. The van der Waals surface area contributed by atoms with Crippen molar-refractivity contribution in [3.05, 3.63) is 59.7 Å². The summed E-state index contributed by atoms with van der Waals surface area (Å²) in [6.07, 6.45) is 1.93. The predicted octanol–water partition coefficient (Wildman–Crippen LogP) is 3.45. The number of carbonyl (C=O) groups excluding carboxylic acids is 1. The summed E-state index contributed by atoms with van der Waals surface area (Å²) in [4.78, 5) is 24.5. The molecule has 0 radical (unpaired) electrons. The lowest BCUT2D eigenvalue weighted by Crippen LogP contribution is -2.43. The molecule has 2 N–H and O–H groups in total. The Bertz CT molecular complexity index is 824. The van der Waals surface area contributed by atoms with E-state index in [9.17, 15) is 14.7 Å². The maximum atomic E-state index is 12.9. The van der Waals surface area contributed by atoms with Crippen molar-refractivity contribution in [2.45, 2.75) is 37.6 Å². The van der Waals surface area contributed by atoms with Gasteiger partial charge in [-0.15, -0.1) is 0 Å². The Labute approximate surface area is 152 Å². The van der Waals surface area contributed by atoms with E-state index in [2.05, 4.69) is 5.32 Å². The molecule has 0 aliphatic heterocycles. The van der Waals surface area contributed by atoms with Crippen LogP contribution in [0.3, 0.4) is 0 Å². The Morgan fingerprint density at radius 2 is 1.62 bits per heavy atom. The molecule has 5 nitrogen and oxygen atoms in total. The van der Waals surface area contributed by atoms with Crippen LogP contribution >= 0.6 is 0 Å². The van der Waals surface area contributed by atoms with Crippen LogP contribution in [-0.2, 0) is 9.59 Å². The number of aliphatic carboxylic acids is 1. The summed E-state index contributed by atoms with van der Waals surface area (Å²) in [7, 11) is 0. The molecule has 0 unspecified atom stereocenters. The second-order valence-electron chi connectivity index (χ2n) is 6.41. The number of fused-ring (bicyclic) bond motifs is 3. The molecule has 1 atom stereocenters. The molecule has 2 aromatic carbocycles. The molecule has 2 aromatic rings. The van der Waals surface area contributed by atoms with Gasteiger partial charge in [0, 0.05) is 6.42 Å². The van der Waals surface area contributed by atoms with E-state index in [0.717, 1.165) is 22.3 Å². The van der Waals surface area contributed by atoms with Gasteiger partial charge in [0.25, 0.3) is 0 Å². The summed E-state index contributed by atoms with van der Waals surface area (Å²) in [6.45, 7) is 0. The number of nitriles is 1. The second-order valence-corrected chi connectivity index (χ2v) is 6.41. The fourth-order valence-electron chi connectivity index (χ4n) is 3.50. The van der Waals surface area contributed by atoms with Crippen molar-refractivity contribution in [2.75, 3.05) is 0 Å². The summed E-state index contributed by atoms with van der Waals surface area (Å²) < 4.78 is 0. The normalized spacial score (nSPS) is 13.3. The molecule has 0 bridgehead atoms. The van der Waals surface area contributed by atoms with E-state index in [-0.39, 0.29) is 5.91 Å². The molecule has 0 fully saturated rings. The molecule has 0 spiro atoms. The fraction of sp³-hybridized carbons (Fsp3) is 0.286. The number of rotatable bonds is 7. The third-order valence-electron chi connectivity index (χ3n) is 4.74. The Morgan fingerprint density at radius 3 is 2.15 bits per heavy atom. The monoisotopic (exact) mass is 348 g/mol. The van der Waals surface area contributed by atoms with Crippen LogP contribution in [0.5, 0.6) is 0 Å². The number of carboxylic acids is 1. The van der Waals surface area contributed by atoms with Gasteiger partial charge in [-0.2, -0.15) is 5.26 Å². The maximum absolute atomic E-state index is 12.9. The number of hydrogen-bond acceptors (Lipinski definition) is 3. The average Bonchev–Trinajstić information content (AvgIpc) is 2.98. The van der Waals surface area contributed by atoms with Crippen molar-refractivity contribution in [3.8, 4) is 17.2 Å². The van der Waals surface area contributed by atoms with Crippen LogP contribution in [0, 0.1) is 11.3 Å². The standard InChI is InChI=1S/C21H20N2O3/c22-13-7-1-2-12-18(21(25)26)23-20(24)19-16-10-5-3-8-14(16)15-9-4-6-11-17(15)19/h3-6,8-11,18-19H,1-2,7,12H2,(H,23,24)(H,25,26)/t18-/m1/s1. The number of benzene rings is 2. The van der Waals surface area contributed by atoms with Gasteiger partial charge < -0.3 is 10.4 Å². The predicted molar refractivity (Wildman–Crippen MR) is 97.4 cm³/mol. The van der Waals surface area contributed by atoms with Crippen molar-refractivity contribution >= 4 is 11.9 Å². The molecule has 132 valence electrons. The molecule has 1 aliphatic rings.